The second-order valence-electron chi connectivity index (χ2n) is 7.60. The minimum Gasteiger partial charge on any atom is -0.355 e. The molecule has 2 aromatic rings. The molecule has 4 rings (SSSR count). The lowest BCUT2D eigenvalue weighted by Gasteiger charge is -2.33. The van der Waals surface area contributed by atoms with Crippen LogP contribution in [0.3, 0.4) is 0 Å². The van der Waals surface area contributed by atoms with Gasteiger partial charge < -0.3 is 15.5 Å². The molecule has 2 N–H and O–H groups in total. The maximum absolute atomic E-state index is 13.2. The molecule has 28 heavy (non-hydrogen) atoms. The highest BCUT2D eigenvalue weighted by atomic mass is 19.1. The summed E-state index contributed by atoms with van der Waals surface area (Å²) >= 11 is 0. The summed E-state index contributed by atoms with van der Waals surface area (Å²) in [5, 5.41) is 14.7. The number of aryl methyl sites for hydroxylation is 2. The molecular formula is C21H26FN5O. The number of hydrogen-bond donors (Lipinski definition) is 2. The molecule has 0 radical (unpaired) electrons. The SMILES string of the molecule is O=C(NCc1cccc(F)c1)NC1CCN(c2cc3c(nn2)CCCC3)CC1. The van der Waals surface area contributed by atoms with Gasteiger partial charge in [-0.2, -0.15) is 5.10 Å². The highest BCUT2D eigenvalue weighted by molar-refractivity contribution is 5.74. The molecule has 1 aliphatic heterocycles. The molecule has 0 bridgehead atoms. The second kappa shape index (κ2) is 8.54. The van der Waals surface area contributed by atoms with Gasteiger partial charge in [-0.25, -0.2) is 9.18 Å². The molecule has 0 unspecified atom stereocenters. The lowest BCUT2D eigenvalue weighted by Crippen LogP contribution is -2.48. The van der Waals surface area contributed by atoms with E-state index in [1.54, 1.807) is 12.1 Å². The van der Waals surface area contributed by atoms with Gasteiger partial charge in [-0.05, 0) is 67.9 Å². The quantitative estimate of drug-likeness (QED) is 0.852. The maximum atomic E-state index is 13.2. The standard InChI is InChI=1S/C21H26FN5O/c22-17-6-3-4-15(12-17)14-23-21(28)24-18-8-10-27(11-9-18)20-13-16-5-1-2-7-19(16)25-26-20/h3-4,6,12-13,18H,1-2,5,7-11,14H2,(H2,23,24,28). The van der Waals surface area contributed by atoms with E-state index in [4.69, 9.17) is 0 Å². The molecule has 0 spiro atoms. The summed E-state index contributed by atoms with van der Waals surface area (Å²) < 4.78 is 13.2. The number of nitrogens with zero attached hydrogens (tertiary/aromatic N) is 3. The molecule has 1 aromatic carbocycles. The third kappa shape index (κ3) is 4.58. The fraction of sp³-hybridized carbons (Fsp3) is 0.476. The summed E-state index contributed by atoms with van der Waals surface area (Å²) in [7, 11) is 0. The van der Waals surface area contributed by atoms with Crippen molar-refractivity contribution in [2.75, 3.05) is 18.0 Å². The third-order valence-electron chi connectivity index (χ3n) is 5.55. The van der Waals surface area contributed by atoms with E-state index >= 15 is 0 Å². The molecule has 1 aromatic heterocycles. The number of benzene rings is 1. The lowest BCUT2D eigenvalue weighted by atomic mass is 9.96. The Balaban J connectivity index is 1.24. The number of hydrogen-bond acceptors (Lipinski definition) is 4. The van der Waals surface area contributed by atoms with Crippen LogP contribution in [0.2, 0.25) is 0 Å². The Morgan fingerprint density at radius 1 is 1.14 bits per heavy atom. The van der Waals surface area contributed by atoms with Crippen LogP contribution >= 0.6 is 0 Å². The first-order chi connectivity index (χ1) is 13.7. The van der Waals surface area contributed by atoms with E-state index in [2.05, 4.69) is 31.8 Å². The smallest absolute Gasteiger partial charge is 0.315 e. The minimum atomic E-state index is -0.294. The van der Waals surface area contributed by atoms with E-state index in [1.165, 1.54) is 30.5 Å². The van der Waals surface area contributed by atoms with Crippen molar-refractivity contribution in [1.29, 1.82) is 0 Å². The first-order valence-electron chi connectivity index (χ1n) is 10.1. The largest absolute Gasteiger partial charge is 0.355 e. The highest BCUT2D eigenvalue weighted by Gasteiger charge is 2.23. The average Bonchev–Trinajstić information content (AvgIpc) is 2.72. The maximum Gasteiger partial charge on any atom is 0.315 e. The normalized spacial score (nSPS) is 17.1. The van der Waals surface area contributed by atoms with Crippen molar-refractivity contribution in [3.63, 3.8) is 0 Å². The van der Waals surface area contributed by atoms with Crippen molar-refractivity contribution in [2.24, 2.45) is 0 Å². The Bertz CT molecular complexity index is 835. The Labute approximate surface area is 164 Å². The van der Waals surface area contributed by atoms with Crippen molar-refractivity contribution in [3.8, 4) is 0 Å². The minimum absolute atomic E-state index is 0.134. The van der Waals surface area contributed by atoms with Gasteiger partial charge in [0.05, 0.1) is 5.69 Å². The molecule has 2 aliphatic rings. The molecule has 2 heterocycles. The predicted molar refractivity (Wildman–Crippen MR) is 106 cm³/mol. The molecule has 1 aliphatic carbocycles. The number of rotatable bonds is 4. The summed E-state index contributed by atoms with van der Waals surface area (Å²) in [6.07, 6.45) is 6.31. The van der Waals surface area contributed by atoms with E-state index in [9.17, 15) is 9.18 Å². The molecular weight excluding hydrogens is 357 g/mol. The van der Waals surface area contributed by atoms with Crippen molar-refractivity contribution >= 4 is 11.8 Å². The zero-order valence-electron chi connectivity index (χ0n) is 16.0. The molecule has 2 amide bonds. The van der Waals surface area contributed by atoms with Gasteiger partial charge in [0, 0.05) is 25.7 Å². The Kier molecular flexibility index (Phi) is 5.69. The van der Waals surface area contributed by atoms with Gasteiger partial charge in [0.15, 0.2) is 5.82 Å². The van der Waals surface area contributed by atoms with E-state index in [0.717, 1.165) is 55.8 Å². The second-order valence-corrected chi connectivity index (χ2v) is 7.60. The number of carbonyl (C=O) groups is 1. The van der Waals surface area contributed by atoms with E-state index < -0.39 is 0 Å². The van der Waals surface area contributed by atoms with Crippen LogP contribution in [0.15, 0.2) is 30.3 Å². The zero-order valence-corrected chi connectivity index (χ0v) is 16.0. The first-order valence-corrected chi connectivity index (χ1v) is 10.1. The van der Waals surface area contributed by atoms with Crippen LogP contribution in [0, 0.1) is 5.82 Å². The number of piperidine rings is 1. The van der Waals surface area contributed by atoms with Crippen LogP contribution in [0.5, 0.6) is 0 Å². The zero-order chi connectivity index (χ0) is 19.3. The van der Waals surface area contributed by atoms with E-state index in [-0.39, 0.29) is 17.9 Å². The van der Waals surface area contributed by atoms with Gasteiger partial charge in [0.2, 0.25) is 0 Å². The number of anilines is 1. The number of fused-ring (bicyclic) bond motifs is 1. The number of halogens is 1. The molecule has 0 atom stereocenters. The number of aromatic nitrogens is 2. The first kappa shape index (κ1) is 18.7. The number of nitrogens with one attached hydrogen (secondary N) is 2. The topological polar surface area (TPSA) is 70.2 Å². The molecule has 6 nitrogen and oxygen atoms in total. The van der Waals surface area contributed by atoms with Gasteiger partial charge in [-0.3, -0.25) is 0 Å². The van der Waals surface area contributed by atoms with Crippen LogP contribution in [0.4, 0.5) is 15.0 Å². The van der Waals surface area contributed by atoms with Crippen molar-refractivity contribution < 1.29 is 9.18 Å². The summed E-state index contributed by atoms with van der Waals surface area (Å²) in [6.45, 7) is 2.01. The molecule has 7 heteroatoms. The number of carbonyl (C=O) groups excluding carboxylic acids is 1. The molecule has 1 fully saturated rings. The van der Waals surface area contributed by atoms with E-state index in [0.29, 0.717) is 6.54 Å². The summed E-state index contributed by atoms with van der Waals surface area (Å²) in [4.78, 5) is 14.4. The number of urea groups is 1. The van der Waals surface area contributed by atoms with Gasteiger partial charge in [0.1, 0.15) is 5.82 Å². The van der Waals surface area contributed by atoms with Gasteiger partial charge in [-0.1, -0.05) is 12.1 Å². The Hall–Kier alpha value is -2.70. The Morgan fingerprint density at radius 3 is 2.79 bits per heavy atom. The van der Waals surface area contributed by atoms with Crippen LogP contribution in [0.1, 0.15) is 42.5 Å². The van der Waals surface area contributed by atoms with Crippen molar-refractivity contribution in [3.05, 3.63) is 53.0 Å². The third-order valence-corrected chi connectivity index (χ3v) is 5.55. The lowest BCUT2D eigenvalue weighted by molar-refractivity contribution is 0.234. The average molecular weight is 383 g/mol. The van der Waals surface area contributed by atoms with Crippen molar-refractivity contribution in [2.45, 2.75) is 51.1 Å². The van der Waals surface area contributed by atoms with Crippen LogP contribution < -0.4 is 15.5 Å². The van der Waals surface area contributed by atoms with Crippen molar-refractivity contribution in [1.82, 2.24) is 20.8 Å². The fourth-order valence-corrected chi connectivity index (χ4v) is 3.95. The molecule has 148 valence electrons. The van der Waals surface area contributed by atoms with Crippen LogP contribution in [-0.4, -0.2) is 35.4 Å². The monoisotopic (exact) mass is 383 g/mol. The highest BCUT2D eigenvalue weighted by Crippen LogP contribution is 2.24. The summed E-state index contributed by atoms with van der Waals surface area (Å²) in [5.41, 5.74) is 3.24. The van der Waals surface area contributed by atoms with Gasteiger partial charge in [-0.15, -0.1) is 5.10 Å². The number of amides is 2. The molecule has 0 saturated carbocycles. The fourth-order valence-electron chi connectivity index (χ4n) is 3.95. The summed E-state index contributed by atoms with van der Waals surface area (Å²) in [6, 6.07) is 8.37. The predicted octanol–water partition coefficient (Wildman–Crippen LogP) is 2.96. The van der Waals surface area contributed by atoms with Crippen LogP contribution in [0.25, 0.3) is 0 Å². The Morgan fingerprint density at radius 2 is 1.96 bits per heavy atom. The summed E-state index contributed by atoms with van der Waals surface area (Å²) in [5.74, 6) is 0.659. The van der Waals surface area contributed by atoms with Gasteiger partial charge >= 0.3 is 6.03 Å². The van der Waals surface area contributed by atoms with Gasteiger partial charge in [0.25, 0.3) is 0 Å². The van der Waals surface area contributed by atoms with E-state index in [1.807, 2.05) is 0 Å². The van der Waals surface area contributed by atoms with Crippen LogP contribution in [-0.2, 0) is 19.4 Å². The molecule has 1 saturated heterocycles.